The van der Waals surface area contributed by atoms with Crippen LogP contribution in [0.3, 0.4) is 0 Å². The smallest absolute Gasteiger partial charge is 0.232 e. The molecule has 0 unspecified atom stereocenters. The second kappa shape index (κ2) is 4.80. The highest BCUT2D eigenvalue weighted by atomic mass is 32.2. The fourth-order valence-corrected chi connectivity index (χ4v) is 2.43. The molecule has 1 rings (SSSR count). The van der Waals surface area contributed by atoms with Crippen LogP contribution in [0.4, 0.5) is 10.1 Å². The second-order valence-electron chi connectivity index (χ2n) is 3.42. The second-order valence-corrected chi connectivity index (χ2v) is 5.32. The molecule has 2 N–H and O–H groups in total. The van der Waals surface area contributed by atoms with Crippen molar-refractivity contribution in [3.8, 4) is 0 Å². The van der Waals surface area contributed by atoms with E-state index in [1.807, 2.05) is 0 Å². The van der Waals surface area contributed by atoms with E-state index in [9.17, 15) is 12.8 Å². The molecule has 1 aromatic rings. The van der Waals surface area contributed by atoms with Crippen LogP contribution in [-0.4, -0.2) is 21.2 Å². The summed E-state index contributed by atoms with van der Waals surface area (Å²) in [6.07, 6.45) is 1.05. The van der Waals surface area contributed by atoms with E-state index in [0.717, 1.165) is 10.6 Å². The number of nitrogens with two attached hydrogens (primary N) is 1. The predicted molar refractivity (Wildman–Crippen MR) is 62.2 cm³/mol. The lowest BCUT2D eigenvalue weighted by Gasteiger charge is -2.21. The fraction of sp³-hybridized carbons (Fsp3) is 0.400. The highest BCUT2D eigenvalue weighted by Gasteiger charge is 2.18. The lowest BCUT2D eigenvalue weighted by molar-refractivity contribution is 0.591. The van der Waals surface area contributed by atoms with E-state index in [-0.39, 0.29) is 18.8 Å². The van der Waals surface area contributed by atoms with E-state index in [4.69, 9.17) is 5.73 Å². The molecule has 6 heteroatoms. The van der Waals surface area contributed by atoms with Gasteiger partial charge in [0.05, 0.1) is 11.9 Å². The summed E-state index contributed by atoms with van der Waals surface area (Å²) in [7, 11) is -3.46. The number of hydrogen-bond acceptors (Lipinski definition) is 3. The third kappa shape index (κ3) is 2.70. The summed E-state index contributed by atoms with van der Waals surface area (Å²) in [5, 5.41) is 0. The van der Waals surface area contributed by atoms with Crippen molar-refractivity contribution in [2.75, 3.05) is 17.1 Å². The Morgan fingerprint density at radius 3 is 2.50 bits per heavy atom. The Morgan fingerprint density at radius 2 is 2.06 bits per heavy atom. The van der Waals surface area contributed by atoms with Crippen LogP contribution in [-0.2, 0) is 16.6 Å². The first-order chi connectivity index (χ1) is 7.40. The van der Waals surface area contributed by atoms with Crippen LogP contribution in [0.2, 0.25) is 0 Å². The van der Waals surface area contributed by atoms with E-state index >= 15 is 0 Å². The molecule has 16 heavy (non-hydrogen) atoms. The number of sulfonamides is 1. The quantitative estimate of drug-likeness (QED) is 0.864. The summed E-state index contributed by atoms with van der Waals surface area (Å²) in [6, 6.07) is 4.22. The standard InChI is InChI=1S/C10H15FN2O2S/c1-3-13(16(2,14)15)10-6-8(7-12)4-5-9(10)11/h4-6H,3,7,12H2,1-2H3. The molecule has 0 radical (unpaired) electrons. The minimum absolute atomic E-state index is 0.0490. The van der Waals surface area contributed by atoms with Gasteiger partial charge < -0.3 is 5.73 Å². The van der Waals surface area contributed by atoms with Gasteiger partial charge in [0.25, 0.3) is 0 Å². The maximum absolute atomic E-state index is 13.5. The summed E-state index contributed by atoms with van der Waals surface area (Å²) in [5.74, 6) is -0.565. The SMILES string of the molecule is CCN(c1cc(CN)ccc1F)S(C)(=O)=O. The Balaban J connectivity index is 3.29. The van der Waals surface area contributed by atoms with Crippen LogP contribution in [0.15, 0.2) is 18.2 Å². The Hall–Kier alpha value is -1.14. The summed E-state index contributed by atoms with van der Waals surface area (Å²) in [5.41, 5.74) is 6.17. The average molecular weight is 246 g/mol. The maximum Gasteiger partial charge on any atom is 0.232 e. The molecule has 0 saturated heterocycles. The Bertz CT molecular complexity index is 474. The summed E-state index contributed by atoms with van der Waals surface area (Å²) in [4.78, 5) is 0. The molecule has 0 aliphatic rings. The summed E-state index contributed by atoms with van der Waals surface area (Å²) in [6.45, 7) is 2.08. The highest BCUT2D eigenvalue weighted by Crippen LogP contribution is 2.22. The zero-order valence-electron chi connectivity index (χ0n) is 9.27. The molecule has 0 heterocycles. The molecule has 90 valence electrons. The summed E-state index contributed by atoms with van der Waals surface area (Å²) < 4.78 is 37.4. The van der Waals surface area contributed by atoms with Crippen LogP contribution in [0, 0.1) is 5.82 Å². The Kier molecular flexibility index (Phi) is 3.88. The predicted octanol–water partition coefficient (Wildman–Crippen LogP) is 1.07. The number of hydrogen-bond donors (Lipinski definition) is 1. The molecule has 0 aliphatic heterocycles. The molecule has 4 nitrogen and oxygen atoms in total. The van der Waals surface area contributed by atoms with Crippen LogP contribution >= 0.6 is 0 Å². The largest absolute Gasteiger partial charge is 0.326 e. The van der Waals surface area contributed by atoms with Gasteiger partial charge in [-0.1, -0.05) is 6.07 Å². The van der Waals surface area contributed by atoms with Gasteiger partial charge in [-0.05, 0) is 24.6 Å². The van der Waals surface area contributed by atoms with Crippen molar-refractivity contribution in [2.45, 2.75) is 13.5 Å². The van der Waals surface area contributed by atoms with Crippen LogP contribution in [0.25, 0.3) is 0 Å². The van der Waals surface area contributed by atoms with Crippen molar-refractivity contribution in [3.05, 3.63) is 29.6 Å². The number of halogens is 1. The molecule has 1 aromatic carbocycles. The van der Waals surface area contributed by atoms with Gasteiger partial charge in [-0.2, -0.15) is 0 Å². The minimum Gasteiger partial charge on any atom is -0.326 e. The van der Waals surface area contributed by atoms with E-state index < -0.39 is 15.8 Å². The first-order valence-electron chi connectivity index (χ1n) is 4.86. The van der Waals surface area contributed by atoms with Crippen molar-refractivity contribution in [2.24, 2.45) is 5.73 Å². The Morgan fingerprint density at radius 1 is 1.44 bits per heavy atom. The van der Waals surface area contributed by atoms with Gasteiger partial charge in [0.1, 0.15) is 5.82 Å². The van der Waals surface area contributed by atoms with Gasteiger partial charge in [0.15, 0.2) is 0 Å². The van der Waals surface area contributed by atoms with E-state index in [0.29, 0.717) is 5.56 Å². The first kappa shape index (κ1) is 12.9. The number of rotatable bonds is 4. The fourth-order valence-electron chi connectivity index (χ4n) is 1.46. The van der Waals surface area contributed by atoms with Crippen molar-refractivity contribution in [1.82, 2.24) is 0 Å². The number of anilines is 1. The van der Waals surface area contributed by atoms with E-state index in [1.54, 1.807) is 6.92 Å². The molecule has 0 aliphatic carbocycles. The van der Waals surface area contributed by atoms with Gasteiger partial charge >= 0.3 is 0 Å². The molecule has 0 atom stereocenters. The topological polar surface area (TPSA) is 63.4 Å². The number of benzene rings is 1. The van der Waals surface area contributed by atoms with Crippen molar-refractivity contribution >= 4 is 15.7 Å². The van der Waals surface area contributed by atoms with Crippen LogP contribution < -0.4 is 10.0 Å². The van der Waals surface area contributed by atoms with Crippen molar-refractivity contribution in [1.29, 1.82) is 0 Å². The molecule has 0 bridgehead atoms. The van der Waals surface area contributed by atoms with Gasteiger partial charge in [-0.3, -0.25) is 4.31 Å². The van der Waals surface area contributed by atoms with Gasteiger partial charge in [-0.15, -0.1) is 0 Å². The van der Waals surface area contributed by atoms with Crippen LogP contribution in [0.1, 0.15) is 12.5 Å². The molecule has 0 spiro atoms. The maximum atomic E-state index is 13.5. The molecular weight excluding hydrogens is 231 g/mol. The molecule has 0 fully saturated rings. The minimum atomic E-state index is -3.46. The number of nitrogens with zero attached hydrogens (tertiary/aromatic N) is 1. The zero-order valence-corrected chi connectivity index (χ0v) is 10.1. The van der Waals surface area contributed by atoms with Gasteiger partial charge in [0, 0.05) is 13.1 Å². The molecule has 0 saturated carbocycles. The lowest BCUT2D eigenvalue weighted by atomic mass is 10.2. The third-order valence-electron chi connectivity index (χ3n) is 2.20. The summed E-state index contributed by atoms with van der Waals surface area (Å²) >= 11 is 0. The average Bonchev–Trinajstić information content (AvgIpc) is 2.20. The van der Waals surface area contributed by atoms with Gasteiger partial charge in [-0.25, -0.2) is 12.8 Å². The van der Waals surface area contributed by atoms with Crippen LogP contribution in [0.5, 0.6) is 0 Å². The lowest BCUT2D eigenvalue weighted by Crippen LogP contribution is -2.30. The van der Waals surface area contributed by atoms with Crippen molar-refractivity contribution in [3.63, 3.8) is 0 Å². The zero-order chi connectivity index (χ0) is 12.3. The highest BCUT2D eigenvalue weighted by molar-refractivity contribution is 7.92. The van der Waals surface area contributed by atoms with Gasteiger partial charge in [0.2, 0.25) is 10.0 Å². The molecule has 0 aromatic heterocycles. The van der Waals surface area contributed by atoms with Crippen molar-refractivity contribution < 1.29 is 12.8 Å². The normalized spacial score (nSPS) is 11.5. The van der Waals surface area contributed by atoms with E-state index in [1.165, 1.54) is 18.2 Å². The monoisotopic (exact) mass is 246 g/mol. The first-order valence-corrected chi connectivity index (χ1v) is 6.71. The Labute approximate surface area is 94.9 Å². The third-order valence-corrected chi connectivity index (χ3v) is 3.46. The molecular formula is C10H15FN2O2S. The molecule has 0 amide bonds. The van der Waals surface area contributed by atoms with E-state index in [2.05, 4.69) is 0 Å².